The van der Waals surface area contributed by atoms with Crippen molar-refractivity contribution in [2.24, 2.45) is 0 Å². The topological polar surface area (TPSA) is 110 Å². The molecule has 3 N–H and O–H groups in total. The highest BCUT2D eigenvalue weighted by molar-refractivity contribution is 7.89. The molecule has 7 nitrogen and oxygen atoms in total. The highest BCUT2D eigenvalue weighted by atomic mass is 32.2. The third-order valence-electron chi connectivity index (χ3n) is 3.06. The number of ether oxygens (including phenoxy) is 1. The Morgan fingerprint density at radius 1 is 1.50 bits per heavy atom. The molecular formula is C12H16N2O5S. The number of hydrogen-bond acceptors (Lipinski definition) is 5. The van der Waals surface area contributed by atoms with Gasteiger partial charge in [-0.2, -0.15) is 4.31 Å². The zero-order valence-corrected chi connectivity index (χ0v) is 11.8. The normalized spacial score (nSPS) is 20.8. The molecule has 0 radical (unpaired) electrons. The summed E-state index contributed by atoms with van der Waals surface area (Å²) in [6, 6.07) is 3.76. The van der Waals surface area contributed by atoms with Crippen molar-refractivity contribution in [3.05, 3.63) is 23.8 Å². The molecule has 0 aromatic heterocycles. The molecular weight excluding hydrogens is 284 g/mol. The van der Waals surface area contributed by atoms with Crippen LogP contribution in [0.4, 0.5) is 5.69 Å². The fourth-order valence-corrected chi connectivity index (χ4v) is 3.75. The number of anilines is 1. The number of benzene rings is 1. The zero-order chi connectivity index (χ0) is 14.9. The molecule has 1 unspecified atom stereocenters. The van der Waals surface area contributed by atoms with Gasteiger partial charge < -0.3 is 15.6 Å². The second-order valence-corrected chi connectivity index (χ2v) is 6.51. The number of nitrogens with two attached hydrogens (primary N) is 1. The molecule has 2 rings (SSSR count). The Balaban J connectivity index is 2.46. The predicted molar refractivity (Wildman–Crippen MR) is 72.0 cm³/mol. The van der Waals surface area contributed by atoms with Crippen LogP contribution >= 0.6 is 0 Å². The van der Waals surface area contributed by atoms with Crippen molar-refractivity contribution in [2.75, 3.05) is 25.4 Å². The second kappa shape index (κ2) is 5.39. The van der Waals surface area contributed by atoms with E-state index in [1.807, 2.05) is 0 Å². The molecule has 110 valence electrons. The van der Waals surface area contributed by atoms with Crippen molar-refractivity contribution < 1.29 is 23.1 Å². The average molecular weight is 300 g/mol. The minimum atomic E-state index is -3.87. The summed E-state index contributed by atoms with van der Waals surface area (Å²) in [6.07, 6.45) is -0.222. The Labute approximate surface area is 117 Å². The SMILES string of the molecule is CC1CN(S(=O)(=O)c2ccc(N)cc2C(=O)O)CCO1. The molecule has 1 aromatic rings. The Morgan fingerprint density at radius 3 is 2.80 bits per heavy atom. The first-order chi connectivity index (χ1) is 9.32. The lowest BCUT2D eigenvalue weighted by molar-refractivity contribution is 0.0101. The second-order valence-electron chi connectivity index (χ2n) is 4.61. The van der Waals surface area contributed by atoms with Crippen LogP contribution in [0.5, 0.6) is 0 Å². The van der Waals surface area contributed by atoms with Crippen LogP contribution < -0.4 is 5.73 Å². The fraction of sp³-hybridized carbons (Fsp3) is 0.417. The van der Waals surface area contributed by atoms with Gasteiger partial charge in [0.05, 0.1) is 23.2 Å². The van der Waals surface area contributed by atoms with E-state index < -0.39 is 16.0 Å². The van der Waals surface area contributed by atoms with Gasteiger partial charge >= 0.3 is 5.97 Å². The number of rotatable bonds is 3. The summed E-state index contributed by atoms with van der Waals surface area (Å²) in [7, 11) is -3.87. The summed E-state index contributed by atoms with van der Waals surface area (Å²) >= 11 is 0. The molecule has 1 atom stereocenters. The van der Waals surface area contributed by atoms with E-state index in [0.29, 0.717) is 0 Å². The Bertz CT molecular complexity index is 629. The lowest BCUT2D eigenvalue weighted by Crippen LogP contribution is -2.44. The number of carboxylic acid groups (broad SMARTS) is 1. The van der Waals surface area contributed by atoms with Gasteiger partial charge in [-0.25, -0.2) is 13.2 Å². The maximum absolute atomic E-state index is 12.5. The molecule has 1 aromatic carbocycles. The summed E-state index contributed by atoms with van der Waals surface area (Å²) in [5.74, 6) is -1.32. The van der Waals surface area contributed by atoms with E-state index in [1.165, 1.54) is 16.4 Å². The van der Waals surface area contributed by atoms with E-state index in [0.717, 1.165) is 6.07 Å². The predicted octanol–water partition coefficient (Wildman–Crippen LogP) is 0.376. The number of aromatic carboxylic acids is 1. The van der Waals surface area contributed by atoms with Crippen LogP contribution in [0.3, 0.4) is 0 Å². The van der Waals surface area contributed by atoms with Crippen LogP contribution in [-0.2, 0) is 14.8 Å². The van der Waals surface area contributed by atoms with E-state index in [1.54, 1.807) is 6.92 Å². The Morgan fingerprint density at radius 2 is 2.20 bits per heavy atom. The van der Waals surface area contributed by atoms with Crippen molar-refractivity contribution >= 4 is 21.7 Å². The van der Waals surface area contributed by atoms with Crippen LogP contribution in [0, 0.1) is 0 Å². The van der Waals surface area contributed by atoms with Gasteiger partial charge in [0.1, 0.15) is 0 Å². The molecule has 0 spiro atoms. The molecule has 1 heterocycles. The van der Waals surface area contributed by atoms with Gasteiger partial charge in [-0.3, -0.25) is 0 Å². The first-order valence-corrected chi connectivity index (χ1v) is 7.51. The molecule has 0 aliphatic carbocycles. The van der Waals surface area contributed by atoms with Gasteiger partial charge in [-0.1, -0.05) is 0 Å². The number of hydrogen-bond donors (Lipinski definition) is 2. The van der Waals surface area contributed by atoms with Crippen LogP contribution in [0.1, 0.15) is 17.3 Å². The smallest absolute Gasteiger partial charge is 0.337 e. The highest BCUT2D eigenvalue weighted by Gasteiger charge is 2.32. The molecule has 1 aliphatic rings. The van der Waals surface area contributed by atoms with Gasteiger partial charge in [0.25, 0.3) is 0 Å². The van der Waals surface area contributed by atoms with Gasteiger partial charge in [0, 0.05) is 18.8 Å². The number of morpholine rings is 1. The molecule has 0 saturated carbocycles. The van der Waals surface area contributed by atoms with Crippen molar-refractivity contribution in [2.45, 2.75) is 17.9 Å². The molecule has 1 fully saturated rings. The van der Waals surface area contributed by atoms with E-state index in [4.69, 9.17) is 15.6 Å². The van der Waals surface area contributed by atoms with Crippen LogP contribution in [-0.4, -0.2) is 49.6 Å². The lowest BCUT2D eigenvalue weighted by atomic mass is 10.2. The Kier molecular flexibility index (Phi) is 3.98. The molecule has 0 bridgehead atoms. The number of nitrogens with zero attached hydrogens (tertiary/aromatic N) is 1. The lowest BCUT2D eigenvalue weighted by Gasteiger charge is -2.30. The van der Waals surface area contributed by atoms with Crippen LogP contribution in [0.25, 0.3) is 0 Å². The average Bonchev–Trinajstić information content (AvgIpc) is 2.38. The third-order valence-corrected chi connectivity index (χ3v) is 4.98. The van der Waals surface area contributed by atoms with E-state index in [-0.39, 0.29) is 41.9 Å². The third kappa shape index (κ3) is 2.77. The molecule has 20 heavy (non-hydrogen) atoms. The first-order valence-electron chi connectivity index (χ1n) is 6.07. The van der Waals surface area contributed by atoms with Crippen molar-refractivity contribution in [3.8, 4) is 0 Å². The molecule has 0 amide bonds. The number of carboxylic acids is 1. The Hall–Kier alpha value is -1.64. The van der Waals surface area contributed by atoms with Gasteiger partial charge in [0.2, 0.25) is 10.0 Å². The van der Waals surface area contributed by atoms with Gasteiger partial charge in [0.15, 0.2) is 0 Å². The summed E-state index contributed by atoms with van der Waals surface area (Å²) in [5.41, 5.74) is 5.41. The summed E-state index contributed by atoms with van der Waals surface area (Å²) < 4.78 is 31.6. The molecule has 1 aliphatic heterocycles. The monoisotopic (exact) mass is 300 g/mol. The van der Waals surface area contributed by atoms with Crippen molar-refractivity contribution in [3.63, 3.8) is 0 Å². The largest absolute Gasteiger partial charge is 0.478 e. The minimum Gasteiger partial charge on any atom is -0.478 e. The standard InChI is InChI=1S/C12H16N2O5S/c1-8-7-14(4-5-19-8)20(17,18)11-3-2-9(13)6-10(11)12(15)16/h2-3,6,8H,4-5,7,13H2,1H3,(H,15,16). The number of carbonyl (C=O) groups is 1. The molecule has 1 saturated heterocycles. The maximum Gasteiger partial charge on any atom is 0.337 e. The summed E-state index contributed by atoms with van der Waals surface area (Å²) in [5, 5.41) is 9.14. The van der Waals surface area contributed by atoms with Crippen LogP contribution in [0.15, 0.2) is 23.1 Å². The number of sulfonamides is 1. The summed E-state index contributed by atoms with van der Waals surface area (Å²) in [6.45, 7) is 2.46. The maximum atomic E-state index is 12.5. The molecule has 8 heteroatoms. The first kappa shape index (κ1) is 14.8. The van der Waals surface area contributed by atoms with Crippen LogP contribution in [0.2, 0.25) is 0 Å². The number of nitrogen functional groups attached to an aromatic ring is 1. The van der Waals surface area contributed by atoms with E-state index in [9.17, 15) is 13.2 Å². The summed E-state index contributed by atoms with van der Waals surface area (Å²) in [4.78, 5) is 11.0. The highest BCUT2D eigenvalue weighted by Crippen LogP contribution is 2.24. The zero-order valence-electron chi connectivity index (χ0n) is 10.9. The quantitative estimate of drug-likeness (QED) is 0.781. The minimum absolute atomic E-state index is 0.200. The van der Waals surface area contributed by atoms with Gasteiger partial charge in [-0.05, 0) is 25.1 Å². The van der Waals surface area contributed by atoms with Crippen molar-refractivity contribution in [1.29, 1.82) is 0 Å². The fourth-order valence-electron chi connectivity index (χ4n) is 2.08. The van der Waals surface area contributed by atoms with E-state index in [2.05, 4.69) is 0 Å². The van der Waals surface area contributed by atoms with Crippen molar-refractivity contribution in [1.82, 2.24) is 4.31 Å². The van der Waals surface area contributed by atoms with Gasteiger partial charge in [-0.15, -0.1) is 0 Å². The van der Waals surface area contributed by atoms with E-state index >= 15 is 0 Å².